The van der Waals surface area contributed by atoms with Gasteiger partial charge in [0.25, 0.3) is 0 Å². The van der Waals surface area contributed by atoms with Crippen molar-refractivity contribution in [1.82, 2.24) is 0 Å². The third kappa shape index (κ3) is 6.14. The third-order valence-corrected chi connectivity index (χ3v) is 20.7. The molecular formula is C19H33ClSn. The molecule has 0 aromatic heterocycles. The van der Waals surface area contributed by atoms with Crippen LogP contribution < -0.4 is 3.58 Å². The van der Waals surface area contributed by atoms with Crippen molar-refractivity contribution in [2.45, 2.75) is 78.5 Å². The Morgan fingerprint density at radius 1 is 0.762 bits per heavy atom. The Morgan fingerprint density at radius 3 is 1.52 bits per heavy atom. The molecular weight excluding hydrogens is 382 g/mol. The molecule has 2 heteroatoms. The summed E-state index contributed by atoms with van der Waals surface area (Å²) < 4.78 is 6.40. The molecule has 1 aromatic rings. The van der Waals surface area contributed by atoms with Gasteiger partial charge in [-0.15, -0.1) is 0 Å². The number of hydrogen-bond acceptors (Lipinski definition) is 0. The fraction of sp³-hybridized carbons (Fsp3) is 0.684. The van der Waals surface area contributed by atoms with Gasteiger partial charge in [-0.1, -0.05) is 0 Å². The van der Waals surface area contributed by atoms with Crippen LogP contribution in [0.4, 0.5) is 0 Å². The van der Waals surface area contributed by atoms with E-state index in [2.05, 4.69) is 45.0 Å². The molecule has 1 rings (SSSR count). The van der Waals surface area contributed by atoms with E-state index in [0.717, 1.165) is 0 Å². The molecule has 0 N–H and O–H groups in total. The molecule has 0 atom stereocenters. The summed E-state index contributed by atoms with van der Waals surface area (Å²) >= 11 is 3.77. The van der Waals surface area contributed by atoms with E-state index in [1.54, 1.807) is 16.9 Å². The molecule has 0 aliphatic carbocycles. The van der Waals surface area contributed by atoms with Crippen LogP contribution in [0.25, 0.3) is 0 Å². The second-order valence-corrected chi connectivity index (χ2v) is 19.9. The Balaban J connectivity index is 3.02. The summed E-state index contributed by atoms with van der Waals surface area (Å²) in [5.74, 6) is 0.641. The van der Waals surface area contributed by atoms with E-state index < -0.39 is 18.4 Å². The maximum absolute atomic E-state index is 5.96. The van der Waals surface area contributed by atoms with Crippen LogP contribution in [-0.4, -0.2) is 18.4 Å². The molecule has 1 aromatic carbocycles. The van der Waals surface area contributed by atoms with Gasteiger partial charge in [-0.05, 0) is 0 Å². The van der Waals surface area contributed by atoms with Crippen molar-refractivity contribution >= 4 is 33.6 Å². The second-order valence-electron chi connectivity index (χ2n) is 6.42. The quantitative estimate of drug-likeness (QED) is 0.286. The molecule has 0 heterocycles. The Kier molecular flexibility index (Phi) is 10.1. The van der Waals surface area contributed by atoms with Crippen LogP contribution in [0.5, 0.6) is 0 Å². The van der Waals surface area contributed by atoms with Crippen LogP contribution in [0.15, 0.2) is 24.3 Å². The summed E-state index contributed by atoms with van der Waals surface area (Å²) in [7, 11) is 0. The average molecular weight is 416 g/mol. The molecule has 0 spiro atoms. The number of alkyl halides is 1. The van der Waals surface area contributed by atoms with Gasteiger partial charge in [0.05, 0.1) is 0 Å². The molecule has 0 saturated heterocycles. The first-order valence-electron chi connectivity index (χ1n) is 8.87. The zero-order chi connectivity index (χ0) is 15.6. The van der Waals surface area contributed by atoms with Gasteiger partial charge in [-0.3, -0.25) is 0 Å². The summed E-state index contributed by atoms with van der Waals surface area (Å²) in [5, 5.41) is 0. The van der Waals surface area contributed by atoms with Crippen molar-refractivity contribution in [2.75, 3.05) is 0 Å². The second kappa shape index (κ2) is 10.9. The molecule has 0 amide bonds. The SMILES string of the molecule is CCC[CH2][Sn]([CH2]CCC)([CH2]CCC)[c]1ccc(CCl)cc1. The molecule has 120 valence electrons. The monoisotopic (exact) mass is 416 g/mol. The topological polar surface area (TPSA) is 0 Å². The Bertz CT molecular complexity index is 350. The molecule has 0 aliphatic heterocycles. The summed E-state index contributed by atoms with van der Waals surface area (Å²) in [6, 6.07) is 9.43. The molecule has 21 heavy (non-hydrogen) atoms. The molecule has 0 unspecified atom stereocenters. The van der Waals surface area contributed by atoms with Crippen LogP contribution >= 0.6 is 11.6 Å². The Morgan fingerprint density at radius 2 is 1.19 bits per heavy atom. The van der Waals surface area contributed by atoms with Gasteiger partial charge < -0.3 is 0 Å². The van der Waals surface area contributed by atoms with E-state index in [1.807, 2.05) is 0 Å². The number of benzene rings is 1. The van der Waals surface area contributed by atoms with E-state index in [0.29, 0.717) is 5.88 Å². The molecule has 0 bridgehead atoms. The first-order chi connectivity index (χ1) is 10.2. The minimum absolute atomic E-state index is 0.641. The van der Waals surface area contributed by atoms with Gasteiger partial charge in [0, 0.05) is 0 Å². The molecule has 0 fully saturated rings. The van der Waals surface area contributed by atoms with E-state index in [4.69, 9.17) is 11.6 Å². The van der Waals surface area contributed by atoms with Crippen LogP contribution in [0.2, 0.25) is 13.3 Å². The van der Waals surface area contributed by atoms with Gasteiger partial charge in [0.2, 0.25) is 0 Å². The molecule has 0 saturated carbocycles. The van der Waals surface area contributed by atoms with Crippen LogP contribution in [0.3, 0.4) is 0 Å². The molecule has 0 nitrogen and oxygen atoms in total. The maximum atomic E-state index is 5.96. The van der Waals surface area contributed by atoms with Gasteiger partial charge in [0.1, 0.15) is 0 Å². The fourth-order valence-corrected chi connectivity index (χ4v) is 19.4. The van der Waals surface area contributed by atoms with E-state index in [-0.39, 0.29) is 0 Å². The number of hydrogen-bond donors (Lipinski definition) is 0. The Labute approximate surface area is 141 Å². The summed E-state index contributed by atoms with van der Waals surface area (Å²) in [6.07, 6.45) is 8.33. The van der Waals surface area contributed by atoms with Gasteiger partial charge in [-0.25, -0.2) is 0 Å². The zero-order valence-corrected chi connectivity index (χ0v) is 17.9. The van der Waals surface area contributed by atoms with E-state index >= 15 is 0 Å². The Hall–Kier alpha value is 0.309. The van der Waals surface area contributed by atoms with Crippen LogP contribution in [-0.2, 0) is 5.88 Å². The fourth-order valence-electron chi connectivity index (χ4n) is 3.30. The predicted octanol–water partition coefficient (Wildman–Crippen LogP) is 6.48. The van der Waals surface area contributed by atoms with Crippen molar-refractivity contribution in [3.8, 4) is 0 Å². The average Bonchev–Trinajstić information content (AvgIpc) is 2.55. The number of unbranched alkanes of at least 4 members (excludes halogenated alkanes) is 3. The molecule has 0 aliphatic rings. The number of rotatable bonds is 11. The summed E-state index contributed by atoms with van der Waals surface area (Å²) in [6.45, 7) is 7.02. The van der Waals surface area contributed by atoms with Gasteiger partial charge >= 0.3 is 142 Å². The number of halogens is 1. The van der Waals surface area contributed by atoms with Crippen molar-refractivity contribution < 1.29 is 0 Å². The molecule has 0 radical (unpaired) electrons. The van der Waals surface area contributed by atoms with Crippen molar-refractivity contribution in [1.29, 1.82) is 0 Å². The van der Waals surface area contributed by atoms with Crippen LogP contribution in [0.1, 0.15) is 64.9 Å². The van der Waals surface area contributed by atoms with Crippen LogP contribution in [0, 0.1) is 0 Å². The zero-order valence-electron chi connectivity index (χ0n) is 14.3. The summed E-state index contributed by atoms with van der Waals surface area (Å²) in [4.78, 5) is 0. The minimum atomic E-state index is -2.19. The standard InChI is InChI=1S/C7H6Cl.3C4H9.Sn/c8-6-7-4-2-1-3-5-7;3*1-3-4-2;/h2-5H,6H2;3*1,3-4H2,2H3;. The van der Waals surface area contributed by atoms with Crippen molar-refractivity contribution in [2.24, 2.45) is 0 Å². The third-order valence-electron chi connectivity index (χ3n) is 4.75. The van der Waals surface area contributed by atoms with E-state index in [9.17, 15) is 0 Å². The first kappa shape index (κ1) is 19.4. The van der Waals surface area contributed by atoms with E-state index in [1.165, 1.54) is 44.1 Å². The van der Waals surface area contributed by atoms with Crippen molar-refractivity contribution in [3.63, 3.8) is 0 Å². The van der Waals surface area contributed by atoms with Gasteiger partial charge in [-0.2, -0.15) is 0 Å². The van der Waals surface area contributed by atoms with Crippen molar-refractivity contribution in [3.05, 3.63) is 29.8 Å². The first-order valence-corrected chi connectivity index (χ1v) is 16.9. The normalized spacial score (nSPS) is 11.8. The van der Waals surface area contributed by atoms with Gasteiger partial charge in [0.15, 0.2) is 0 Å². The summed E-state index contributed by atoms with van der Waals surface area (Å²) in [5.41, 5.74) is 1.27. The predicted molar refractivity (Wildman–Crippen MR) is 101 cm³/mol.